The normalized spacial score (nSPS) is 21.5. The number of fused-ring (bicyclic) bond motifs is 1. The Hall–Kier alpha value is -0.860. The summed E-state index contributed by atoms with van der Waals surface area (Å²) >= 11 is 0. The van der Waals surface area contributed by atoms with Crippen molar-refractivity contribution in [3.63, 3.8) is 0 Å². The lowest BCUT2D eigenvalue weighted by Crippen LogP contribution is -2.33. The average Bonchev–Trinajstić information content (AvgIpc) is 2.49. The van der Waals surface area contributed by atoms with Crippen LogP contribution in [0.1, 0.15) is 57.2 Å². The van der Waals surface area contributed by atoms with Crippen LogP contribution in [0, 0.1) is 11.8 Å². The van der Waals surface area contributed by atoms with Crippen molar-refractivity contribution < 1.29 is 4.74 Å². The summed E-state index contributed by atoms with van der Waals surface area (Å²) in [5.41, 5.74) is 3.05. The Kier molecular flexibility index (Phi) is 6.72. The zero-order valence-corrected chi connectivity index (χ0v) is 13.9. The molecule has 1 aromatic carbocycles. The summed E-state index contributed by atoms with van der Waals surface area (Å²) in [6.07, 6.45) is 4.86. The molecular weight excluding hydrogens is 258 g/mol. The summed E-state index contributed by atoms with van der Waals surface area (Å²) < 4.78 is 5.81. The van der Waals surface area contributed by atoms with Gasteiger partial charge in [0.25, 0.3) is 0 Å². The molecular formula is C19H31NO. The summed E-state index contributed by atoms with van der Waals surface area (Å²) in [4.78, 5) is 0. The van der Waals surface area contributed by atoms with Gasteiger partial charge in [-0.15, -0.1) is 0 Å². The summed E-state index contributed by atoms with van der Waals surface area (Å²) in [5, 5.41) is 3.77. The van der Waals surface area contributed by atoms with Crippen molar-refractivity contribution >= 4 is 0 Å². The minimum atomic E-state index is 0.512. The maximum atomic E-state index is 5.81. The third-order valence-electron chi connectivity index (χ3n) is 4.34. The zero-order chi connectivity index (χ0) is 15.1. The Labute approximate surface area is 130 Å². The molecule has 0 bridgehead atoms. The topological polar surface area (TPSA) is 21.3 Å². The maximum Gasteiger partial charge on any atom is 0.0488 e. The van der Waals surface area contributed by atoms with Crippen molar-refractivity contribution in [2.45, 2.75) is 52.5 Å². The summed E-state index contributed by atoms with van der Waals surface area (Å²) in [6, 6.07) is 9.46. The molecule has 2 nitrogen and oxygen atoms in total. The van der Waals surface area contributed by atoms with Crippen molar-refractivity contribution in [3.05, 3.63) is 35.4 Å². The summed E-state index contributed by atoms with van der Waals surface area (Å²) in [5.74, 6) is 1.34. The highest BCUT2D eigenvalue weighted by Crippen LogP contribution is 2.36. The predicted molar refractivity (Wildman–Crippen MR) is 89.6 cm³/mol. The molecule has 2 atom stereocenters. The molecule has 1 N–H and O–H groups in total. The number of ether oxygens (including phenoxy) is 1. The fourth-order valence-electron chi connectivity index (χ4n) is 3.27. The Bertz CT molecular complexity index is 416. The van der Waals surface area contributed by atoms with Crippen molar-refractivity contribution in [1.29, 1.82) is 0 Å². The van der Waals surface area contributed by atoms with Gasteiger partial charge >= 0.3 is 0 Å². The molecule has 2 heteroatoms. The van der Waals surface area contributed by atoms with Gasteiger partial charge in [0, 0.05) is 19.3 Å². The molecule has 1 aliphatic rings. The van der Waals surface area contributed by atoms with Crippen LogP contribution in [0.4, 0.5) is 0 Å². The number of benzene rings is 1. The molecule has 0 saturated heterocycles. The first-order valence-electron chi connectivity index (χ1n) is 8.61. The van der Waals surface area contributed by atoms with Crippen LogP contribution in [-0.2, 0) is 11.2 Å². The molecule has 0 amide bonds. The molecule has 0 aromatic heterocycles. The molecule has 1 aromatic rings. The minimum absolute atomic E-state index is 0.512. The standard InChI is InChI=1S/C19H31NO/c1-4-12-20-19-17(11-13-21-14-15(2)3)10-9-16-7-5-6-8-18(16)19/h5-8,15,17,19-20H,4,9-14H2,1-3H3. The highest BCUT2D eigenvalue weighted by atomic mass is 16.5. The Morgan fingerprint density at radius 3 is 2.86 bits per heavy atom. The van der Waals surface area contributed by atoms with E-state index >= 15 is 0 Å². The van der Waals surface area contributed by atoms with Gasteiger partial charge in [0.1, 0.15) is 0 Å². The molecule has 1 aliphatic carbocycles. The number of rotatable bonds is 8. The fraction of sp³-hybridized carbons (Fsp3) is 0.684. The van der Waals surface area contributed by atoms with Crippen molar-refractivity contribution in [2.75, 3.05) is 19.8 Å². The molecule has 0 saturated carbocycles. The van der Waals surface area contributed by atoms with Crippen LogP contribution in [0.2, 0.25) is 0 Å². The molecule has 0 heterocycles. The molecule has 2 rings (SSSR count). The van der Waals surface area contributed by atoms with E-state index in [2.05, 4.69) is 50.4 Å². The van der Waals surface area contributed by atoms with E-state index in [4.69, 9.17) is 4.74 Å². The second-order valence-corrected chi connectivity index (χ2v) is 6.69. The molecule has 2 unspecified atom stereocenters. The molecule has 0 fully saturated rings. The maximum absolute atomic E-state index is 5.81. The van der Waals surface area contributed by atoms with Gasteiger partial charge in [0.2, 0.25) is 0 Å². The van der Waals surface area contributed by atoms with E-state index in [1.54, 1.807) is 0 Å². The Morgan fingerprint density at radius 2 is 2.10 bits per heavy atom. The number of aryl methyl sites for hydroxylation is 1. The van der Waals surface area contributed by atoms with Gasteiger partial charge in [0.05, 0.1) is 0 Å². The van der Waals surface area contributed by atoms with Crippen molar-refractivity contribution in [3.8, 4) is 0 Å². The van der Waals surface area contributed by atoms with E-state index in [1.165, 1.54) is 36.8 Å². The first kappa shape index (κ1) is 16.5. The van der Waals surface area contributed by atoms with Crippen molar-refractivity contribution in [1.82, 2.24) is 5.32 Å². The quantitative estimate of drug-likeness (QED) is 0.718. The van der Waals surface area contributed by atoms with Gasteiger partial charge in [-0.2, -0.15) is 0 Å². The highest BCUT2D eigenvalue weighted by molar-refractivity contribution is 5.33. The molecule has 21 heavy (non-hydrogen) atoms. The Morgan fingerprint density at radius 1 is 1.29 bits per heavy atom. The molecule has 118 valence electrons. The number of hydrogen-bond acceptors (Lipinski definition) is 2. The van der Waals surface area contributed by atoms with E-state index < -0.39 is 0 Å². The van der Waals surface area contributed by atoms with Crippen LogP contribution in [0.5, 0.6) is 0 Å². The molecule has 0 spiro atoms. The molecule has 0 radical (unpaired) electrons. The van der Waals surface area contributed by atoms with Gasteiger partial charge < -0.3 is 10.1 Å². The predicted octanol–water partition coefficient (Wildman–Crippen LogP) is 4.35. The monoisotopic (exact) mass is 289 g/mol. The molecule has 0 aliphatic heterocycles. The third kappa shape index (κ3) is 4.82. The highest BCUT2D eigenvalue weighted by Gasteiger charge is 2.28. The lowest BCUT2D eigenvalue weighted by molar-refractivity contribution is 0.0902. The smallest absolute Gasteiger partial charge is 0.0488 e. The van der Waals surface area contributed by atoms with Crippen LogP contribution in [0.15, 0.2) is 24.3 Å². The van der Waals surface area contributed by atoms with Crippen LogP contribution in [-0.4, -0.2) is 19.8 Å². The van der Waals surface area contributed by atoms with Gasteiger partial charge in [-0.1, -0.05) is 45.0 Å². The largest absolute Gasteiger partial charge is 0.381 e. The lowest BCUT2D eigenvalue weighted by Gasteiger charge is -2.34. The number of nitrogens with one attached hydrogen (secondary N) is 1. The number of hydrogen-bond donors (Lipinski definition) is 1. The van der Waals surface area contributed by atoms with Crippen LogP contribution >= 0.6 is 0 Å². The summed E-state index contributed by atoms with van der Waals surface area (Å²) in [7, 11) is 0. The zero-order valence-electron chi connectivity index (χ0n) is 13.9. The van der Waals surface area contributed by atoms with Crippen molar-refractivity contribution in [2.24, 2.45) is 11.8 Å². The fourth-order valence-corrected chi connectivity index (χ4v) is 3.27. The van der Waals surface area contributed by atoms with Crippen LogP contribution < -0.4 is 5.32 Å². The summed E-state index contributed by atoms with van der Waals surface area (Å²) in [6.45, 7) is 9.54. The van der Waals surface area contributed by atoms with E-state index in [-0.39, 0.29) is 0 Å². The average molecular weight is 289 g/mol. The van der Waals surface area contributed by atoms with Gasteiger partial charge in [-0.3, -0.25) is 0 Å². The van der Waals surface area contributed by atoms with Gasteiger partial charge in [-0.05, 0) is 55.2 Å². The Balaban J connectivity index is 1.96. The van der Waals surface area contributed by atoms with E-state index in [0.29, 0.717) is 17.9 Å². The van der Waals surface area contributed by atoms with E-state index in [9.17, 15) is 0 Å². The van der Waals surface area contributed by atoms with E-state index in [0.717, 1.165) is 19.8 Å². The first-order valence-corrected chi connectivity index (χ1v) is 8.61. The van der Waals surface area contributed by atoms with Gasteiger partial charge in [-0.25, -0.2) is 0 Å². The SMILES string of the molecule is CCCNC1c2ccccc2CCC1CCOCC(C)C. The van der Waals surface area contributed by atoms with Gasteiger partial charge in [0.15, 0.2) is 0 Å². The second-order valence-electron chi connectivity index (χ2n) is 6.69. The van der Waals surface area contributed by atoms with Crippen LogP contribution in [0.25, 0.3) is 0 Å². The van der Waals surface area contributed by atoms with E-state index in [1.807, 2.05) is 0 Å². The van der Waals surface area contributed by atoms with Crippen LogP contribution in [0.3, 0.4) is 0 Å². The first-order chi connectivity index (χ1) is 10.2. The minimum Gasteiger partial charge on any atom is -0.381 e. The second kappa shape index (κ2) is 8.55. The lowest BCUT2D eigenvalue weighted by atomic mass is 9.78. The third-order valence-corrected chi connectivity index (χ3v) is 4.34.